The Morgan fingerprint density at radius 2 is 2.00 bits per heavy atom. The number of nitrogens with zero attached hydrogens (tertiary/aromatic N) is 1. The lowest BCUT2D eigenvalue weighted by molar-refractivity contribution is -0.385. The summed E-state index contributed by atoms with van der Waals surface area (Å²) in [5, 5.41) is 10.6. The van der Waals surface area contributed by atoms with Crippen LogP contribution in [0.15, 0.2) is 17.0 Å². The van der Waals surface area contributed by atoms with Gasteiger partial charge in [0.15, 0.2) is 11.1 Å². The normalized spacial score (nSPS) is 12.5. The Labute approximate surface area is 83.2 Å². The van der Waals surface area contributed by atoms with E-state index in [4.69, 9.17) is 4.55 Å². The third kappa shape index (κ3) is 1.97. The molecule has 6 heteroatoms. The van der Waals surface area contributed by atoms with Crippen molar-refractivity contribution in [2.24, 2.45) is 0 Å². The average molecular weight is 215 g/mol. The lowest BCUT2D eigenvalue weighted by atomic mass is 10.1. The number of benzene rings is 1. The molecule has 0 saturated carbocycles. The van der Waals surface area contributed by atoms with Crippen LogP contribution in [0.25, 0.3) is 0 Å². The molecule has 1 N–H and O–H groups in total. The summed E-state index contributed by atoms with van der Waals surface area (Å²) in [6.45, 7) is 3.27. The van der Waals surface area contributed by atoms with Gasteiger partial charge in [0.1, 0.15) is 0 Å². The van der Waals surface area contributed by atoms with Crippen LogP contribution in [0.1, 0.15) is 11.1 Å². The molecule has 0 heterocycles. The maximum Gasteiger partial charge on any atom is 0.273 e. The first-order chi connectivity index (χ1) is 6.43. The number of nitro benzene ring substituents is 1. The molecule has 0 aliphatic rings. The molecule has 1 aromatic carbocycles. The second-order valence-corrected chi connectivity index (χ2v) is 3.86. The molecule has 0 fully saturated rings. The first-order valence-electron chi connectivity index (χ1n) is 3.80. The highest BCUT2D eigenvalue weighted by Crippen LogP contribution is 2.24. The van der Waals surface area contributed by atoms with E-state index < -0.39 is 16.0 Å². The van der Waals surface area contributed by atoms with E-state index in [1.165, 1.54) is 6.07 Å². The third-order valence-electron chi connectivity index (χ3n) is 2.01. The molecule has 14 heavy (non-hydrogen) atoms. The zero-order chi connectivity index (χ0) is 10.9. The minimum absolute atomic E-state index is 0.0554. The number of aryl methyl sites for hydroxylation is 1. The lowest BCUT2D eigenvalue weighted by Crippen LogP contribution is -1.98. The number of nitro groups is 1. The van der Waals surface area contributed by atoms with Crippen molar-refractivity contribution in [1.82, 2.24) is 0 Å². The zero-order valence-electron chi connectivity index (χ0n) is 7.68. The van der Waals surface area contributed by atoms with Crippen LogP contribution in [-0.4, -0.2) is 13.7 Å². The summed E-state index contributed by atoms with van der Waals surface area (Å²) in [6.07, 6.45) is 0. The standard InChI is InChI=1S/C8H9NO4S/c1-5-3-7(14(12)13)4-8(6(5)2)9(10)11/h3-4H,1-2H3,(H,12,13). The average Bonchev–Trinajstić information content (AvgIpc) is 2.08. The van der Waals surface area contributed by atoms with Gasteiger partial charge >= 0.3 is 0 Å². The van der Waals surface area contributed by atoms with Gasteiger partial charge in [0.2, 0.25) is 0 Å². The van der Waals surface area contributed by atoms with Gasteiger partial charge in [-0.05, 0) is 25.5 Å². The summed E-state index contributed by atoms with van der Waals surface area (Å²) in [4.78, 5) is 10.1. The summed E-state index contributed by atoms with van der Waals surface area (Å²) in [7, 11) is 0. The van der Waals surface area contributed by atoms with Gasteiger partial charge in [-0.1, -0.05) is 0 Å². The van der Waals surface area contributed by atoms with Crippen molar-refractivity contribution in [2.45, 2.75) is 18.7 Å². The molecule has 0 saturated heterocycles. The van der Waals surface area contributed by atoms with Gasteiger partial charge in [0.05, 0.1) is 9.82 Å². The summed E-state index contributed by atoms with van der Waals surface area (Å²) in [6, 6.07) is 2.59. The van der Waals surface area contributed by atoms with Gasteiger partial charge in [0, 0.05) is 11.6 Å². The predicted octanol–water partition coefficient (Wildman–Crippen LogP) is 1.79. The molecule has 0 aromatic heterocycles. The molecule has 0 spiro atoms. The molecule has 0 aliphatic carbocycles. The highest BCUT2D eigenvalue weighted by Gasteiger charge is 2.15. The van der Waals surface area contributed by atoms with E-state index in [1.54, 1.807) is 13.8 Å². The second kappa shape index (κ2) is 3.85. The smallest absolute Gasteiger partial charge is 0.273 e. The van der Waals surface area contributed by atoms with Crippen LogP contribution in [0, 0.1) is 24.0 Å². The molecule has 5 nitrogen and oxygen atoms in total. The topological polar surface area (TPSA) is 80.4 Å². The molecule has 0 bridgehead atoms. The van der Waals surface area contributed by atoms with Crippen molar-refractivity contribution in [1.29, 1.82) is 0 Å². The van der Waals surface area contributed by atoms with E-state index in [9.17, 15) is 14.3 Å². The first-order valence-corrected chi connectivity index (χ1v) is 4.90. The van der Waals surface area contributed by atoms with Gasteiger partial charge in [-0.25, -0.2) is 4.21 Å². The van der Waals surface area contributed by atoms with E-state index >= 15 is 0 Å². The van der Waals surface area contributed by atoms with Crippen molar-refractivity contribution >= 4 is 16.8 Å². The van der Waals surface area contributed by atoms with Crippen molar-refractivity contribution in [3.05, 3.63) is 33.4 Å². The summed E-state index contributed by atoms with van der Waals surface area (Å²) in [5.74, 6) is 0. The van der Waals surface area contributed by atoms with Crippen molar-refractivity contribution in [2.75, 3.05) is 0 Å². The molecular formula is C8H9NO4S. The molecule has 0 aliphatic heterocycles. The number of hydrogen-bond donors (Lipinski definition) is 1. The van der Waals surface area contributed by atoms with Crippen LogP contribution in [0.2, 0.25) is 0 Å². The first kappa shape index (κ1) is 10.8. The largest absolute Gasteiger partial charge is 0.302 e. The van der Waals surface area contributed by atoms with E-state index in [1.807, 2.05) is 0 Å². The van der Waals surface area contributed by atoms with E-state index in [0.29, 0.717) is 11.1 Å². The van der Waals surface area contributed by atoms with Crippen molar-refractivity contribution in [3.8, 4) is 0 Å². The minimum atomic E-state index is -2.18. The maximum atomic E-state index is 10.7. The Hall–Kier alpha value is -1.27. The monoisotopic (exact) mass is 215 g/mol. The van der Waals surface area contributed by atoms with Crippen molar-refractivity contribution < 1.29 is 13.7 Å². The van der Waals surface area contributed by atoms with Crippen LogP contribution in [0.3, 0.4) is 0 Å². The fraction of sp³-hybridized carbons (Fsp3) is 0.250. The van der Waals surface area contributed by atoms with Gasteiger partial charge in [-0.3, -0.25) is 10.1 Å². The SMILES string of the molecule is Cc1cc(S(=O)O)cc([N+](=O)[O-])c1C. The highest BCUT2D eigenvalue weighted by atomic mass is 32.2. The summed E-state index contributed by atoms with van der Waals surface area (Å²) >= 11 is -2.18. The zero-order valence-corrected chi connectivity index (χ0v) is 8.50. The summed E-state index contributed by atoms with van der Waals surface area (Å²) < 4.78 is 19.5. The Morgan fingerprint density at radius 1 is 1.43 bits per heavy atom. The number of rotatable bonds is 2. The van der Waals surface area contributed by atoms with Gasteiger partial charge in [-0.15, -0.1) is 0 Å². The Morgan fingerprint density at radius 3 is 2.43 bits per heavy atom. The molecular weight excluding hydrogens is 206 g/mol. The predicted molar refractivity (Wildman–Crippen MR) is 51.6 cm³/mol. The molecule has 1 unspecified atom stereocenters. The molecule has 1 rings (SSSR count). The Kier molecular flexibility index (Phi) is 2.97. The fourth-order valence-corrected chi connectivity index (χ4v) is 1.59. The molecule has 1 atom stereocenters. The van der Waals surface area contributed by atoms with Crippen LogP contribution in [0.5, 0.6) is 0 Å². The molecule has 76 valence electrons. The van der Waals surface area contributed by atoms with Crippen molar-refractivity contribution in [3.63, 3.8) is 0 Å². The highest BCUT2D eigenvalue weighted by molar-refractivity contribution is 7.79. The quantitative estimate of drug-likeness (QED) is 0.463. The Balaban J connectivity index is 3.43. The molecule has 0 radical (unpaired) electrons. The maximum absolute atomic E-state index is 10.7. The van der Waals surface area contributed by atoms with Gasteiger partial charge in [0.25, 0.3) is 5.69 Å². The summed E-state index contributed by atoms with van der Waals surface area (Å²) in [5.41, 5.74) is 1.03. The van der Waals surface area contributed by atoms with Crippen LogP contribution in [0.4, 0.5) is 5.69 Å². The van der Waals surface area contributed by atoms with E-state index in [-0.39, 0.29) is 10.6 Å². The fourth-order valence-electron chi connectivity index (χ4n) is 1.10. The van der Waals surface area contributed by atoms with Gasteiger partial charge < -0.3 is 4.55 Å². The minimum Gasteiger partial charge on any atom is -0.302 e. The molecule has 1 aromatic rings. The van der Waals surface area contributed by atoms with Crippen LogP contribution < -0.4 is 0 Å². The molecule has 0 amide bonds. The van der Waals surface area contributed by atoms with Gasteiger partial charge in [-0.2, -0.15) is 0 Å². The second-order valence-electron chi connectivity index (χ2n) is 2.89. The van der Waals surface area contributed by atoms with E-state index in [0.717, 1.165) is 6.07 Å². The third-order valence-corrected chi connectivity index (χ3v) is 2.65. The lowest BCUT2D eigenvalue weighted by Gasteiger charge is -2.03. The van der Waals surface area contributed by atoms with Crippen LogP contribution in [-0.2, 0) is 11.1 Å². The van der Waals surface area contributed by atoms with E-state index in [2.05, 4.69) is 0 Å². The van der Waals surface area contributed by atoms with Crippen LogP contribution >= 0.6 is 0 Å². The number of hydrogen-bond acceptors (Lipinski definition) is 3. The Bertz CT molecular complexity index is 416.